The fourth-order valence-corrected chi connectivity index (χ4v) is 3.42. The topological polar surface area (TPSA) is 47.3 Å². The lowest BCUT2D eigenvalue weighted by molar-refractivity contribution is -0.111. The van der Waals surface area contributed by atoms with E-state index in [9.17, 15) is 5.11 Å². The largest absolute Gasteiger partial charge is 0.390 e. The summed E-state index contributed by atoms with van der Waals surface area (Å²) in [5.41, 5.74) is 1.76. The summed E-state index contributed by atoms with van der Waals surface area (Å²) < 4.78 is 7.78. The lowest BCUT2D eigenvalue weighted by atomic mass is 9.85. The lowest BCUT2D eigenvalue weighted by Gasteiger charge is -2.36. The maximum absolute atomic E-state index is 10.8. The monoisotopic (exact) mass is 280 g/mol. The number of aliphatic hydroxyl groups excluding tert-OH is 1. The molecule has 1 aliphatic rings. The Morgan fingerprint density at radius 1 is 1.35 bits per heavy atom. The number of aromatic nitrogens is 2. The summed E-state index contributed by atoms with van der Waals surface area (Å²) in [4.78, 5) is 0. The van der Waals surface area contributed by atoms with Gasteiger partial charge < -0.3 is 9.84 Å². The van der Waals surface area contributed by atoms with Crippen LogP contribution in [0.5, 0.6) is 0 Å². The smallest absolute Gasteiger partial charge is 0.0940 e. The maximum atomic E-state index is 10.8. The van der Waals surface area contributed by atoms with Crippen molar-refractivity contribution in [1.82, 2.24) is 9.78 Å². The van der Waals surface area contributed by atoms with Crippen LogP contribution in [-0.4, -0.2) is 33.7 Å². The van der Waals surface area contributed by atoms with E-state index in [0.717, 1.165) is 43.6 Å². The van der Waals surface area contributed by atoms with E-state index in [2.05, 4.69) is 18.1 Å². The van der Waals surface area contributed by atoms with E-state index in [1.165, 1.54) is 12.8 Å². The highest BCUT2D eigenvalue weighted by atomic mass is 16.5. The van der Waals surface area contributed by atoms with Gasteiger partial charge in [-0.25, -0.2) is 0 Å². The molecule has 4 nitrogen and oxygen atoms in total. The first kappa shape index (κ1) is 15.5. The molecule has 1 aliphatic carbocycles. The van der Waals surface area contributed by atoms with Gasteiger partial charge in [0.05, 0.1) is 17.4 Å². The highest BCUT2D eigenvalue weighted by Gasteiger charge is 2.38. The molecule has 20 heavy (non-hydrogen) atoms. The number of hydrogen-bond donors (Lipinski definition) is 1. The highest BCUT2D eigenvalue weighted by molar-refractivity contribution is 5.11. The quantitative estimate of drug-likeness (QED) is 0.844. The van der Waals surface area contributed by atoms with E-state index in [-0.39, 0.29) is 5.60 Å². The third kappa shape index (κ3) is 3.23. The molecule has 0 radical (unpaired) electrons. The Hall–Kier alpha value is -0.870. The number of hydrogen-bond acceptors (Lipinski definition) is 3. The molecule has 0 bridgehead atoms. The van der Waals surface area contributed by atoms with Gasteiger partial charge in [-0.2, -0.15) is 5.10 Å². The third-order valence-corrected chi connectivity index (χ3v) is 4.65. The van der Waals surface area contributed by atoms with Crippen LogP contribution < -0.4 is 0 Å². The number of rotatable bonds is 5. The van der Waals surface area contributed by atoms with Gasteiger partial charge in [0.25, 0.3) is 0 Å². The fourth-order valence-electron chi connectivity index (χ4n) is 3.42. The second-order valence-electron chi connectivity index (χ2n) is 6.00. The second kappa shape index (κ2) is 6.72. The van der Waals surface area contributed by atoms with Crippen molar-refractivity contribution < 1.29 is 9.84 Å². The Bertz CT molecular complexity index is 420. The van der Waals surface area contributed by atoms with Crippen molar-refractivity contribution in [2.45, 2.75) is 77.0 Å². The molecule has 1 aromatic heterocycles. The first-order valence-corrected chi connectivity index (χ1v) is 7.88. The molecule has 4 heteroatoms. The number of ether oxygens (including phenoxy) is 1. The van der Waals surface area contributed by atoms with E-state index in [1.807, 2.05) is 11.6 Å². The SMILES string of the molecule is CCn1nc(C)cc1CC(O)C1(OC)CCCCCC1. The van der Waals surface area contributed by atoms with Crippen molar-refractivity contribution in [2.75, 3.05) is 7.11 Å². The van der Waals surface area contributed by atoms with Gasteiger partial charge in [-0.15, -0.1) is 0 Å². The summed E-state index contributed by atoms with van der Waals surface area (Å²) in [6.45, 7) is 4.93. The summed E-state index contributed by atoms with van der Waals surface area (Å²) in [6, 6.07) is 2.08. The molecule has 114 valence electrons. The van der Waals surface area contributed by atoms with Crippen LogP contribution in [-0.2, 0) is 17.7 Å². The molecule has 1 fully saturated rings. The molecule has 0 spiro atoms. The minimum Gasteiger partial charge on any atom is -0.390 e. The van der Waals surface area contributed by atoms with Crippen molar-refractivity contribution in [3.63, 3.8) is 0 Å². The van der Waals surface area contributed by atoms with Crippen LogP contribution in [0, 0.1) is 6.92 Å². The average Bonchev–Trinajstić information content (AvgIpc) is 2.66. The van der Waals surface area contributed by atoms with Crippen LogP contribution in [0.1, 0.15) is 56.8 Å². The fraction of sp³-hybridized carbons (Fsp3) is 0.812. The van der Waals surface area contributed by atoms with Crippen molar-refractivity contribution in [3.8, 4) is 0 Å². The predicted molar refractivity (Wildman–Crippen MR) is 79.8 cm³/mol. The highest BCUT2D eigenvalue weighted by Crippen LogP contribution is 2.34. The zero-order chi connectivity index (χ0) is 14.6. The summed E-state index contributed by atoms with van der Waals surface area (Å²) in [6.07, 6.45) is 6.91. The number of nitrogens with zero attached hydrogens (tertiary/aromatic N) is 2. The first-order valence-electron chi connectivity index (χ1n) is 7.88. The molecule has 1 aromatic rings. The van der Waals surface area contributed by atoms with Crippen LogP contribution in [0.25, 0.3) is 0 Å². The van der Waals surface area contributed by atoms with Crippen LogP contribution >= 0.6 is 0 Å². The molecular weight excluding hydrogens is 252 g/mol. The van der Waals surface area contributed by atoms with Crippen LogP contribution in [0.2, 0.25) is 0 Å². The van der Waals surface area contributed by atoms with Gasteiger partial charge in [-0.3, -0.25) is 4.68 Å². The molecule has 1 heterocycles. The van der Waals surface area contributed by atoms with E-state index >= 15 is 0 Å². The molecule has 1 unspecified atom stereocenters. The molecular formula is C16H28N2O2. The van der Waals surface area contributed by atoms with Crippen molar-refractivity contribution >= 4 is 0 Å². The van der Waals surface area contributed by atoms with E-state index in [0.29, 0.717) is 6.42 Å². The van der Waals surface area contributed by atoms with Gasteiger partial charge in [0.15, 0.2) is 0 Å². The molecule has 0 saturated heterocycles. The molecule has 0 amide bonds. The minimum atomic E-state index is -0.452. The Morgan fingerprint density at radius 2 is 2.00 bits per heavy atom. The minimum absolute atomic E-state index is 0.368. The standard InChI is InChI=1S/C16H28N2O2/c1-4-18-14(11-13(2)17-18)12-15(19)16(20-3)9-7-5-6-8-10-16/h11,15,19H,4-10,12H2,1-3H3. The van der Waals surface area contributed by atoms with Gasteiger partial charge in [-0.1, -0.05) is 25.7 Å². The summed E-state index contributed by atoms with van der Waals surface area (Å²) in [5.74, 6) is 0. The van der Waals surface area contributed by atoms with Crippen molar-refractivity contribution in [2.24, 2.45) is 0 Å². The van der Waals surface area contributed by atoms with Crippen molar-refractivity contribution in [1.29, 1.82) is 0 Å². The summed E-state index contributed by atoms with van der Waals surface area (Å²) in [5, 5.41) is 15.2. The van der Waals surface area contributed by atoms with Crippen molar-refractivity contribution in [3.05, 3.63) is 17.5 Å². The second-order valence-corrected chi connectivity index (χ2v) is 6.00. The van der Waals surface area contributed by atoms with Gasteiger partial charge in [0.2, 0.25) is 0 Å². The van der Waals surface area contributed by atoms with Gasteiger partial charge in [0.1, 0.15) is 0 Å². The van der Waals surface area contributed by atoms with E-state index in [1.54, 1.807) is 7.11 Å². The normalized spacial score (nSPS) is 20.6. The molecule has 1 saturated carbocycles. The zero-order valence-electron chi connectivity index (χ0n) is 13.1. The number of methoxy groups -OCH3 is 1. The number of aliphatic hydroxyl groups is 1. The Kier molecular flexibility index (Phi) is 5.22. The zero-order valence-corrected chi connectivity index (χ0v) is 13.1. The molecule has 1 N–H and O–H groups in total. The van der Waals surface area contributed by atoms with Crippen LogP contribution in [0.15, 0.2) is 6.07 Å². The summed E-state index contributed by atoms with van der Waals surface area (Å²) >= 11 is 0. The lowest BCUT2D eigenvalue weighted by Crippen LogP contribution is -2.45. The van der Waals surface area contributed by atoms with Crippen LogP contribution in [0.4, 0.5) is 0 Å². The van der Waals surface area contributed by atoms with Gasteiger partial charge >= 0.3 is 0 Å². The van der Waals surface area contributed by atoms with E-state index < -0.39 is 6.10 Å². The summed E-state index contributed by atoms with van der Waals surface area (Å²) in [7, 11) is 1.75. The Balaban J connectivity index is 2.13. The van der Waals surface area contributed by atoms with E-state index in [4.69, 9.17) is 4.74 Å². The first-order chi connectivity index (χ1) is 9.61. The molecule has 0 aliphatic heterocycles. The molecule has 0 aromatic carbocycles. The average molecular weight is 280 g/mol. The Labute approximate surface area is 122 Å². The number of aryl methyl sites for hydroxylation is 2. The van der Waals surface area contributed by atoms with Gasteiger partial charge in [0, 0.05) is 25.8 Å². The van der Waals surface area contributed by atoms with Gasteiger partial charge in [-0.05, 0) is 32.8 Å². The molecule has 1 atom stereocenters. The maximum Gasteiger partial charge on any atom is 0.0940 e. The molecule has 2 rings (SSSR count). The predicted octanol–water partition coefficient (Wildman–Crippen LogP) is 2.85. The third-order valence-electron chi connectivity index (χ3n) is 4.65. The Morgan fingerprint density at radius 3 is 2.55 bits per heavy atom. The van der Waals surface area contributed by atoms with Crippen LogP contribution in [0.3, 0.4) is 0 Å².